The van der Waals surface area contributed by atoms with Crippen LogP contribution in [0.15, 0.2) is 12.1 Å². The largest absolute Gasteiger partial charge is 0.373 e. The lowest BCUT2D eigenvalue weighted by molar-refractivity contribution is 0.558. The maximum atomic E-state index is 13.1. The first-order valence-electron chi connectivity index (χ1n) is 3.99. The highest BCUT2D eigenvalue weighted by Crippen LogP contribution is 2.18. The third-order valence-electron chi connectivity index (χ3n) is 1.76. The highest BCUT2D eigenvalue weighted by Gasteiger charge is 2.07. The molecular formula is C9H13FN2. The zero-order valence-corrected chi connectivity index (χ0v) is 7.56. The summed E-state index contributed by atoms with van der Waals surface area (Å²) in [4.78, 5) is 3.74. The van der Waals surface area contributed by atoms with Gasteiger partial charge in [-0.1, -0.05) is 19.9 Å². The van der Waals surface area contributed by atoms with Crippen molar-refractivity contribution < 1.29 is 4.39 Å². The van der Waals surface area contributed by atoms with Gasteiger partial charge in [-0.25, -0.2) is 4.98 Å². The normalized spacial score (nSPS) is 10.4. The molecule has 0 spiro atoms. The van der Waals surface area contributed by atoms with Crippen molar-refractivity contribution in [2.45, 2.75) is 19.8 Å². The molecule has 2 nitrogen and oxygen atoms in total. The van der Waals surface area contributed by atoms with Gasteiger partial charge in [0, 0.05) is 12.6 Å². The van der Waals surface area contributed by atoms with Crippen molar-refractivity contribution in [3.8, 4) is 0 Å². The molecule has 66 valence electrons. The second-order valence-electron chi connectivity index (χ2n) is 2.98. The van der Waals surface area contributed by atoms with Crippen LogP contribution in [0.1, 0.15) is 25.3 Å². The van der Waals surface area contributed by atoms with Gasteiger partial charge in [-0.05, 0) is 12.0 Å². The summed E-state index contributed by atoms with van der Waals surface area (Å²) in [5.74, 6) is 0.372. The van der Waals surface area contributed by atoms with Crippen molar-refractivity contribution in [1.82, 2.24) is 4.98 Å². The number of halogens is 1. The molecule has 0 saturated heterocycles. The lowest BCUT2D eigenvalue weighted by atomic mass is 10.1. The number of hydrogen-bond donors (Lipinski definition) is 1. The van der Waals surface area contributed by atoms with Gasteiger partial charge in [-0.15, -0.1) is 0 Å². The van der Waals surface area contributed by atoms with E-state index in [4.69, 9.17) is 0 Å². The number of nitrogens with one attached hydrogen (secondary N) is 1. The first-order chi connectivity index (χ1) is 5.65. The summed E-state index contributed by atoms with van der Waals surface area (Å²) in [7, 11) is 1.72. The molecule has 0 amide bonds. The van der Waals surface area contributed by atoms with Crippen LogP contribution in [0.3, 0.4) is 0 Å². The molecule has 1 heterocycles. The maximum absolute atomic E-state index is 13.1. The Morgan fingerprint density at radius 3 is 2.50 bits per heavy atom. The average molecular weight is 168 g/mol. The van der Waals surface area contributed by atoms with E-state index in [1.807, 2.05) is 13.8 Å². The van der Waals surface area contributed by atoms with Crippen LogP contribution in [0.2, 0.25) is 0 Å². The molecule has 3 heteroatoms. The lowest BCUT2D eigenvalue weighted by Crippen LogP contribution is -1.99. The number of pyridine rings is 1. The van der Waals surface area contributed by atoms with E-state index >= 15 is 0 Å². The molecule has 0 aliphatic heterocycles. The van der Waals surface area contributed by atoms with Gasteiger partial charge in [0.2, 0.25) is 5.95 Å². The average Bonchev–Trinajstić information content (AvgIpc) is 2.03. The molecule has 1 aromatic rings. The van der Waals surface area contributed by atoms with Crippen molar-refractivity contribution in [2.75, 3.05) is 12.4 Å². The molecule has 12 heavy (non-hydrogen) atoms. The van der Waals surface area contributed by atoms with Crippen molar-refractivity contribution in [3.63, 3.8) is 0 Å². The molecule has 0 aliphatic carbocycles. The number of aromatic nitrogens is 1. The van der Waals surface area contributed by atoms with E-state index in [9.17, 15) is 4.39 Å². The zero-order valence-electron chi connectivity index (χ0n) is 7.56. The summed E-state index contributed by atoms with van der Waals surface area (Å²) in [6.07, 6.45) is 0. The fourth-order valence-corrected chi connectivity index (χ4v) is 1.01. The lowest BCUT2D eigenvalue weighted by Gasteiger charge is -2.06. The van der Waals surface area contributed by atoms with Gasteiger partial charge >= 0.3 is 0 Å². The summed E-state index contributed by atoms with van der Waals surface area (Å²) in [6, 6.07) is 3.54. The molecule has 0 unspecified atom stereocenters. The number of hydrogen-bond acceptors (Lipinski definition) is 2. The van der Waals surface area contributed by atoms with Crippen LogP contribution in [0.4, 0.5) is 10.2 Å². The Morgan fingerprint density at radius 2 is 2.08 bits per heavy atom. The van der Waals surface area contributed by atoms with E-state index in [2.05, 4.69) is 10.3 Å². The quantitative estimate of drug-likeness (QED) is 0.686. The fourth-order valence-electron chi connectivity index (χ4n) is 1.01. The molecule has 0 fully saturated rings. The molecule has 0 radical (unpaired) electrons. The van der Waals surface area contributed by atoms with E-state index in [-0.39, 0.29) is 11.9 Å². The Morgan fingerprint density at radius 1 is 1.42 bits per heavy atom. The molecule has 0 saturated carbocycles. The second kappa shape index (κ2) is 3.52. The molecule has 1 rings (SSSR count). The van der Waals surface area contributed by atoms with Crippen LogP contribution in [-0.4, -0.2) is 12.0 Å². The van der Waals surface area contributed by atoms with E-state index in [0.29, 0.717) is 11.4 Å². The summed E-state index contributed by atoms with van der Waals surface area (Å²) < 4.78 is 13.1. The van der Waals surface area contributed by atoms with Crippen LogP contribution < -0.4 is 5.32 Å². The van der Waals surface area contributed by atoms with Crippen LogP contribution in [0, 0.1) is 5.95 Å². The molecule has 0 aliphatic rings. The van der Waals surface area contributed by atoms with Gasteiger partial charge in [-0.3, -0.25) is 0 Å². The molecule has 1 aromatic heterocycles. The van der Waals surface area contributed by atoms with Gasteiger partial charge in [0.25, 0.3) is 0 Å². The summed E-state index contributed by atoms with van der Waals surface area (Å²) >= 11 is 0. The summed E-state index contributed by atoms with van der Waals surface area (Å²) in [6.45, 7) is 3.89. The third kappa shape index (κ3) is 1.72. The Labute approximate surface area is 71.8 Å². The van der Waals surface area contributed by atoms with Crippen molar-refractivity contribution in [2.24, 2.45) is 0 Å². The number of nitrogens with zero attached hydrogens (tertiary/aromatic N) is 1. The topological polar surface area (TPSA) is 24.9 Å². The molecule has 0 atom stereocenters. The van der Waals surface area contributed by atoms with Crippen molar-refractivity contribution in [1.29, 1.82) is 0 Å². The predicted molar refractivity (Wildman–Crippen MR) is 47.8 cm³/mol. The Hall–Kier alpha value is -1.12. The molecule has 0 aromatic carbocycles. The van der Waals surface area contributed by atoms with Gasteiger partial charge in [0.15, 0.2) is 0 Å². The second-order valence-corrected chi connectivity index (χ2v) is 2.98. The van der Waals surface area contributed by atoms with Crippen LogP contribution >= 0.6 is 0 Å². The summed E-state index contributed by atoms with van der Waals surface area (Å²) in [5, 5.41) is 2.78. The zero-order chi connectivity index (χ0) is 9.14. The minimum absolute atomic E-state index is 0.184. The predicted octanol–water partition coefficient (Wildman–Crippen LogP) is 2.39. The van der Waals surface area contributed by atoms with Crippen molar-refractivity contribution in [3.05, 3.63) is 23.6 Å². The highest BCUT2D eigenvalue weighted by molar-refractivity contribution is 5.35. The Bertz CT molecular complexity index is 271. The third-order valence-corrected chi connectivity index (χ3v) is 1.76. The van der Waals surface area contributed by atoms with Gasteiger partial charge < -0.3 is 5.32 Å². The van der Waals surface area contributed by atoms with E-state index in [1.165, 1.54) is 0 Å². The van der Waals surface area contributed by atoms with E-state index in [0.717, 1.165) is 0 Å². The smallest absolute Gasteiger partial charge is 0.218 e. The van der Waals surface area contributed by atoms with Crippen LogP contribution in [0.5, 0.6) is 0 Å². The first kappa shape index (κ1) is 8.97. The Kier molecular flexibility index (Phi) is 2.63. The first-order valence-corrected chi connectivity index (χ1v) is 3.99. The minimum atomic E-state index is -0.378. The minimum Gasteiger partial charge on any atom is -0.373 e. The van der Waals surface area contributed by atoms with Gasteiger partial charge in [0.1, 0.15) is 5.82 Å². The van der Waals surface area contributed by atoms with Gasteiger partial charge in [-0.2, -0.15) is 4.39 Å². The van der Waals surface area contributed by atoms with Gasteiger partial charge in [0.05, 0.1) is 0 Å². The Balaban J connectivity index is 3.03. The molecule has 1 N–H and O–H groups in total. The summed E-state index contributed by atoms with van der Waals surface area (Å²) in [5.41, 5.74) is 0.661. The van der Waals surface area contributed by atoms with E-state index < -0.39 is 0 Å². The highest BCUT2D eigenvalue weighted by atomic mass is 19.1. The SMILES string of the molecule is CNc1ccc(C(C)C)c(F)n1. The molecule has 0 bridgehead atoms. The monoisotopic (exact) mass is 168 g/mol. The van der Waals surface area contributed by atoms with Crippen LogP contribution in [0.25, 0.3) is 0 Å². The number of rotatable bonds is 2. The fraction of sp³-hybridized carbons (Fsp3) is 0.444. The van der Waals surface area contributed by atoms with Crippen LogP contribution in [-0.2, 0) is 0 Å². The van der Waals surface area contributed by atoms with Crippen molar-refractivity contribution >= 4 is 5.82 Å². The maximum Gasteiger partial charge on any atom is 0.218 e. The molecular weight excluding hydrogens is 155 g/mol. The standard InChI is InChI=1S/C9H13FN2/c1-6(2)7-4-5-8(11-3)12-9(7)10/h4-6H,1-3H3,(H,11,12). The number of anilines is 1. The van der Waals surface area contributed by atoms with E-state index in [1.54, 1.807) is 19.2 Å².